The van der Waals surface area contributed by atoms with Gasteiger partial charge in [-0.1, -0.05) is 0 Å². The minimum absolute atomic E-state index is 0.925. The lowest BCUT2D eigenvalue weighted by atomic mass is 9.89. The lowest BCUT2D eigenvalue weighted by molar-refractivity contribution is -0.238. The first-order chi connectivity index (χ1) is 10.1. The molecule has 10 nitrogen and oxygen atoms in total. The van der Waals surface area contributed by atoms with Crippen LogP contribution in [0.2, 0.25) is 0 Å². The van der Waals surface area contributed by atoms with Crippen LogP contribution >= 0.6 is 0 Å². The third-order valence-electron chi connectivity index (χ3n) is 3.69. The van der Waals surface area contributed by atoms with Gasteiger partial charge in [-0.05, 0) is 6.92 Å². The molecule has 0 saturated carbocycles. The Kier molecular flexibility index (Phi) is 6.80. The summed E-state index contributed by atoms with van der Waals surface area (Å²) < 4.78 is 5.05. The predicted octanol–water partition coefficient (Wildman–Crippen LogP) is -5.14. The maximum Gasteiger partial charge on any atom is 0.195 e. The van der Waals surface area contributed by atoms with Crippen LogP contribution in [-0.2, 0) is 9.53 Å². The van der Waals surface area contributed by atoms with Gasteiger partial charge in [0.15, 0.2) is 5.78 Å². The van der Waals surface area contributed by atoms with Crippen molar-refractivity contribution >= 4 is 5.78 Å². The molecule has 0 aliphatic carbocycles. The van der Waals surface area contributed by atoms with Gasteiger partial charge in [0.25, 0.3) is 0 Å². The average molecular weight is 326 g/mol. The van der Waals surface area contributed by atoms with Crippen molar-refractivity contribution in [2.75, 3.05) is 6.61 Å². The molecular formula is C12H22O10. The quantitative estimate of drug-likeness (QED) is 0.234. The van der Waals surface area contributed by atoms with Crippen LogP contribution in [0.5, 0.6) is 0 Å². The lowest BCUT2D eigenvalue weighted by Gasteiger charge is -2.41. The molecule has 0 amide bonds. The molecule has 0 aromatic carbocycles. The molecule has 1 aliphatic heterocycles. The number of carbonyl (C=O) groups is 1. The van der Waals surface area contributed by atoms with E-state index in [1.165, 1.54) is 6.92 Å². The molecule has 1 rings (SSSR count). The molecule has 0 aromatic heterocycles. The third-order valence-corrected chi connectivity index (χ3v) is 3.69. The SMILES string of the molecule is C[C@@H]1OC(C(O)C(=O)[C@@H](O)[C@H](O)[C@H](O)CO)[C@H](O)[C@H](O)[C@H]1O. The monoisotopic (exact) mass is 326 g/mol. The Bertz CT molecular complexity index is 377. The fourth-order valence-electron chi connectivity index (χ4n) is 2.17. The average Bonchev–Trinajstić information content (AvgIpc) is 2.52. The van der Waals surface area contributed by atoms with Gasteiger partial charge in [-0.15, -0.1) is 0 Å². The van der Waals surface area contributed by atoms with Gasteiger partial charge in [0.05, 0.1) is 12.7 Å². The van der Waals surface area contributed by atoms with Gasteiger partial charge < -0.3 is 45.6 Å². The Labute approximate surface area is 125 Å². The van der Waals surface area contributed by atoms with Crippen molar-refractivity contribution < 1.29 is 50.4 Å². The maximum absolute atomic E-state index is 11.9. The van der Waals surface area contributed by atoms with Gasteiger partial charge in [-0.3, -0.25) is 4.79 Å². The van der Waals surface area contributed by atoms with Crippen molar-refractivity contribution in [3.05, 3.63) is 0 Å². The molecule has 0 spiro atoms. The molecule has 1 fully saturated rings. The van der Waals surface area contributed by atoms with E-state index in [1.54, 1.807) is 0 Å². The van der Waals surface area contributed by atoms with Crippen LogP contribution in [0.4, 0.5) is 0 Å². The second-order valence-corrected chi connectivity index (χ2v) is 5.31. The summed E-state index contributed by atoms with van der Waals surface area (Å²) in [7, 11) is 0. The molecular weight excluding hydrogens is 304 g/mol. The van der Waals surface area contributed by atoms with Crippen molar-refractivity contribution in [2.45, 2.75) is 61.9 Å². The first-order valence-corrected chi connectivity index (χ1v) is 6.70. The number of carbonyl (C=O) groups excluding carboxylic acids is 1. The molecule has 10 heteroatoms. The van der Waals surface area contributed by atoms with E-state index >= 15 is 0 Å². The van der Waals surface area contributed by atoms with E-state index in [-0.39, 0.29) is 0 Å². The zero-order valence-electron chi connectivity index (χ0n) is 11.8. The van der Waals surface area contributed by atoms with Gasteiger partial charge in [0.2, 0.25) is 0 Å². The molecule has 0 bridgehead atoms. The Morgan fingerprint density at radius 1 is 1.05 bits per heavy atom. The Morgan fingerprint density at radius 3 is 2.09 bits per heavy atom. The minimum Gasteiger partial charge on any atom is -0.394 e. The molecule has 2 unspecified atom stereocenters. The minimum atomic E-state index is -2.24. The van der Waals surface area contributed by atoms with E-state index in [2.05, 4.69) is 0 Å². The van der Waals surface area contributed by atoms with Crippen LogP contribution in [-0.4, -0.2) is 108 Å². The first-order valence-electron chi connectivity index (χ1n) is 6.70. The number of rotatable bonds is 6. The summed E-state index contributed by atoms with van der Waals surface area (Å²) in [5.74, 6) is -1.38. The molecule has 8 N–H and O–H groups in total. The largest absolute Gasteiger partial charge is 0.394 e. The highest BCUT2D eigenvalue weighted by atomic mass is 16.5. The number of hydrogen-bond acceptors (Lipinski definition) is 10. The first kappa shape index (κ1) is 19.4. The lowest BCUT2D eigenvalue weighted by Crippen LogP contribution is -2.62. The Morgan fingerprint density at radius 2 is 1.59 bits per heavy atom. The van der Waals surface area contributed by atoms with Gasteiger partial charge in [0, 0.05) is 0 Å². The molecule has 9 atom stereocenters. The van der Waals surface area contributed by atoms with Crippen LogP contribution in [0.15, 0.2) is 0 Å². The molecule has 1 heterocycles. The van der Waals surface area contributed by atoms with Gasteiger partial charge >= 0.3 is 0 Å². The van der Waals surface area contributed by atoms with Crippen LogP contribution in [0, 0.1) is 0 Å². The number of ether oxygens (including phenoxy) is 1. The summed E-state index contributed by atoms with van der Waals surface area (Å²) in [6.07, 6.45) is -15.8. The van der Waals surface area contributed by atoms with Crippen LogP contribution in [0.25, 0.3) is 0 Å². The summed E-state index contributed by atoms with van der Waals surface area (Å²) in [4.78, 5) is 11.9. The molecule has 1 saturated heterocycles. The van der Waals surface area contributed by atoms with E-state index in [0.717, 1.165) is 0 Å². The van der Waals surface area contributed by atoms with E-state index < -0.39 is 67.3 Å². The van der Waals surface area contributed by atoms with E-state index in [9.17, 15) is 35.4 Å². The smallest absolute Gasteiger partial charge is 0.195 e. The third kappa shape index (κ3) is 3.79. The normalized spacial score (nSPS) is 38.1. The van der Waals surface area contributed by atoms with Crippen molar-refractivity contribution in [1.82, 2.24) is 0 Å². The van der Waals surface area contributed by atoms with E-state index in [4.69, 9.17) is 14.9 Å². The summed E-state index contributed by atoms with van der Waals surface area (Å²) in [5.41, 5.74) is 0. The Balaban J connectivity index is 2.81. The second-order valence-electron chi connectivity index (χ2n) is 5.31. The van der Waals surface area contributed by atoms with E-state index in [1.807, 2.05) is 0 Å². The number of hydrogen-bond donors (Lipinski definition) is 8. The van der Waals surface area contributed by atoms with Crippen LogP contribution in [0.1, 0.15) is 6.92 Å². The van der Waals surface area contributed by atoms with Crippen molar-refractivity contribution in [3.63, 3.8) is 0 Å². The highest BCUT2D eigenvalue weighted by Gasteiger charge is 2.48. The van der Waals surface area contributed by atoms with Gasteiger partial charge in [-0.2, -0.15) is 0 Å². The van der Waals surface area contributed by atoms with Crippen molar-refractivity contribution in [1.29, 1.82) is 0 Å². The number of ketones is 1. The van der Waals surface area contributed by atoms with E-state index in [0.29, 0.717) is 0 Å². The topological polar surface area (TPSA) is 188 Å². The fourth-order valence-corrected chi connectivity index (χ4v) is 2.17. The highest BCUT2D eigenvalue weighted by Crippen LogP contribution is 2.24. The molecule has 22 heavy (non-hydrogen) atoms. The van der Waals surface area contributed by atoms with Crippen molar-refractivity contribution in [3.8, 4) is 0 Å². The number of aliphatic hydroxyl groups is 8. The summed E-state index contributed by atoms with van der Waals surface area (Å²) in [6.45, 7) is 0.414. The summed E-state index contributed by atoms with van der Waals surface area (Å²) >= 11 is 0. The molecule has 0 aromatic rings. The van der Waals surface area contributed by atoms with Crippen LogP contribution < -0.4 is 0 Å². The molecule has 1 aliphatic rings. The molecule has 130 valence electrons. The zero-order chi connectivity index (χ0) is 17.2. The zero-order valence-corrected chi connectivity index (χ0v) is 11.8. The predicted molar refractivity (Wildman–Crippen MR) is 68.5 cm³/mol. The summed E-state index contributed by atoms with van der Waals surface area (Å²) in [6, 6.07) is 0. The van der Waals surface area contributed by atoms with Gasteiger partial charge in [-0.25, -0.2) is 0 Å². The summed E-state index contributed by atoms with van der Waals surface area (Å²) in [5, 5.41) is 75.5. The molecule has 0 radical (unpaired) electrons. The fraction of sp³-hybridized carbons (Fsp3) is 0.917. The maximum atomic E-state index is 11.9. The number of Topliss-reactive ketones (excluding diaryl/α,β-unsaturated/α-hetero) is 1. The highest BCUT2D eigenvalue weighted by molar-refractivity contribution is 5.88. The van der Waals surface area contributed by atoms with Gasteiger partial charge in [0.1, 0.15) is 48.8 Å². The second kappa shape index (κ2) is 7.73. The van der Waals surface area contributed by atoms with Crippen LogP contribution in [0.3, 0.4) is 0 Å². The standard InChI is InChI=1S/C12H22O10/c1-3-5(15)7(17)10(20)12(22-3)11(21)9(19)8(18)6(16)4(14)2-13/h3-8,10-18,20-21H,2H2,1H3/t3-,4+,5-,6+,7+,8-,10+,11?,12?/m0/s1. The Hall–Kier alpha value is -0.690. The number of aliphatic hydroxyl groups excluding tert-OH is 8. The van der Waals surface area contributed by atoms with Crippen molar-refractivity contribution in [2.24, 2.45) is 0 Å².